The van der Waals surface area contributed by atoms with E-state index in [-0.39, 0.29) is 5.91 Å². The lowest BCUT2D eigenvalue weighted by atomic mass is 10.1. The van der Waals surface area contributed by atoms with Gasteiger partial charge in [-0.1, -0.05) is 25.1 Å². The second-order valence-corrected chi connectivity index (χ2v) is 3.41. The van der Waals surface area contributed by atoms with E-state index in [0.29, 0.717) is 17.8 Å². The third-order valence-electron chi connectivity index (χ3n) is 2.39. The summed E-state index contributed by atoms with van der Waals surface area (Å²) >= 11 is 0. The maximum atomic E-state index is 11.9. The highest BCUT2D eigenvalue weighted by Crippen LogP contribution is 2.13. The summed E-state index contributed by atoms with van der Waals surface area (Å²) < 4.78 is 5.08. The molecule has 1 amide bonds. The van der Waals surface area contributed by atoms with Gasteiger partial charge in [0.25, 0.3) is 5.91 Å². The summed E-state index contributed by atoms with van der Waals surface area (Å²) in [6.45, 7) is 3.73. The lowest BCUT2D eigenvalue weighted by Crippen LogP contribution is -2.15. The fourth-order valence-electron chi connectivity index (χ4n) is 1.42. The summed E-state index contributed by atoms with van der Waals surface area (Å²) in [6, 6.07) is 9.38. The first-order valence-electron chi connectivity index (χ1n) is 5.29. The van der Waals surface area contributed by atoms with Crippen molar-refractivity contribution < 1.29 is 9.53 Å². The van der Waals surface area contributed by atoms with Crippen LogP contribution in [-0.4, -0.2) is 13.0 Å². The molecule has 0 fully saturated rings. The summed E-state index contributed by atoms with van der Waals surface area (Å²) in [5.74, 6) is 0.559. The monoisotopic (exact) mass is 219 g/mol. The summed E-state index contributed by atoms with van der Waals surface area (Å²) in [4.78, 5) is 11.9. The highest BCUT2D eigenvalue weighted by atomic mass is 16.5. The van der Waals surface area contributed by atoms with E-state index in [1.807, 2.05) is 37.3 Å². The van der Waals surface area contributed by atoms with Crippen molar-refractivity contribution in [3.63, 3.8) is 0 Å². The number of benzene rings is 1. The van der Waals surface area contributed by atoms with Crippen molar-refractivity contribution in [1.82, 2.24) is 0 Å². The molecule has 3 nitrogen and oxygen atoms in total. The number of nitrogens with one attached hydrogen (secondary N) is 1. The van der Waals surface area contributed by atoms with E-state index in [0.717, 1.165) is 5.69 Å². The number of ether oxygens (including phenoxy) is 1. The molecule has 1 aromatic rings. The molecule has 86 valence electrons. The molecule has 1 rings (SSSR count). The van der Waals surface area contributed by atoms with E-state index in [9.17, 15) is 4.79 Å². The second kappa shape index (κ2) is 5.95. The smallest absolute Gasteiger partial charge is 0.254 e. The maximum Gasteiger partial charge on any atom is 0.254 e. The van der Waals surface area contributed by atoms with Crippen molar-refractivity contribution in [2.75, 3.05) is 12.4 Å². The quantitative estimate of drug-likeness (QED) is 0.624. The molecule has 0 saturated carbocycles. The van der Waals surface area contributed by atoms with E-state index < -0.39 is 0 Å². The number of rotatable bonds is 4. The van der Waals surface area contributed by atoms with Crippen LogP contribution in [0.25, 0.3) is 0 Å². The summed E-state index contributed by atoms with van der Waals surface area (Å²) in [7, 11) is 1.57. The zero-order valence-corrected chi connectivity index (χ0v) is 9.91. The molecule has 0 aliphatic rings. The minimum atomic E-state index is -0.104. The summed E-state index contributed by atoms with van der Waals surface area (Å²) in [5.41, 5.74) is 1.47. The van der Waals surface area contributed by atoms with Crippen LogP contribution in [0.4, 0.5) is 5.69 Å². The van der Waals surface area contributed by atoms with Gasteiger partial charge in [-0.15, -0.1) is 0 Å². The number of methoxy groups -OCH3 is 1. The first-order chi connectivity index (χ1) is 7.69. The Morgan fingerprint density at radius 1 is 1.31 bits per heavy atom. The Morgan fingerprint density at radius 3 is 2.44 bits per heavy atom. The molecule has 0 aliphatic carbocycles. The van der Waals surface area contributed by atoms with E-state index >= 15 is 0 Å². The highest BCUT2D eigenvalue weighted by molar-refractivity contribution is 6.03. The molecular weight excluding hydrogens is 202 g/mol. The standard InChI is InChI=1S/C13H17NO2/c1-4-12(10(2)16-3)13(15)14-11-8-6-5-7-9-11/h5-9H,4H2,1-3H3,(H,14,15). The third-order valence-corrected chi connectivity index (χ3v) is 2.39. The minimum Gasteiger partial charge on any atom is -0.501 e. The van der Waals surface area contributed by atoms with Crippen LogP contribution >= 0.6 is 0 Å². The molecule has 0 aliphatic heterocycles. The number of hydrogen-bond donors (Lipinski definition) is 1. The number of hydrogen-bond acceptors (Lipinski definition) is 2. The number of carbonyl (C=O) groups is 1. The molecule has 0 unspecified atom stereocenters. The molecule has 0 atom stereocenters. The number of anilines is 1. The lowest BCUT2D eigenvalue weighted by molar-refractivity contribution is -0.113. The van der Waals surface area contributed by atoms with Gasteiger partial charge in [-0.2, -0.15) is 0 Å². The van der Waals surface area contributed by atoms with Gasteiger partial charge >= 0.3 is 0 Å². The van der Waals surface area contributed by atoms with Crippen molar-refractivity contribution in [2.24, 2.45) is 0 Å². The lowest BCUT2D eigenvalue weighted by Gasteiger charge is -2.10. The molecule has 0 spiro atoms. The first kappa shape index (κ1) is 12.3. The molecule has 0 radical (unpaired) electrons. The van der Waals surface area contributed by atoms with Crippen LogP contribution < -0.4 is 5.32 Å². The molecule has 0 heterocycles. The van der Waals surface area contributed by atoms with Crippen molar-refractivity contribution in [1.29, 1.82) is 0 Å². The number of carbonyl (C=O) groups excluding carboxylic acids is 1. The predicted octanol–water partition coefficient (Wildman–Crippen LogP) is 2.96. The van der Waals surface area contributed by atoms with Crippen LogP contribution in [0.5, 0.6) is 0 Å². The van der Waals surface area contributed by atoms with Crippen molar-refractivity contribution in [3.05, 3.63) is 41.7 Å². The maximum absolute atomic E-state index is 11.9. The molecule has 3 heteroatoms. The van der Waals surface area contributed by atoms with Gasteiger partial charge in [-0.3, -0.25) is 4.79 Å². The van der Waals surface area contributed by atoms with Crippen LogP contribution in [0.3, 0.4) is 0 Å². The van der Waals surface area contributed by atoms with Crippen LogP contribution in [0.1, 0.15) is 20.3 Å². The van der Waals surface area contributed by atoms with E-state index in [1.165, 1.54) is 0 Å². The fraction of sp³-hybridized carbons (Fsp3) is 0.308. The Kier molecular flexibility index (Phi) is 4.58. The normalized spacial score (nSPS) is 11.7. The average Bonchev–Trinajstić information content (AvgIpc) is 2.31. The van der Waals surface area contributed by atoms with E-state index in [1.54, 1.807) is 14.0 Å². The van der Waals surface area contributed by atoms with Crippen LogP contribution in [0.15, 0.2) is 41.7 Å². The van der Waals surface area contributed by atoms with Crippen molar-refractivity contribution >= 4 is 11.6 Å². The summed E-state index contributed by atoms with van der Waals surface area (Å²) in [6.07, 6.45) is 0.651. The molecule has 1 N–H and O–H groups in total. The Morgan fingerprint density at radius 2 is 1.94 bits per heavy atom. The van der Waals surface area contributed by atoms with Gasteiger partial charge in [0.15, 0.2) is 0 Å². The van der Waals surface area contributed by atoms with Gasteiger partial charge in [-0.25, -0.2) is 0 Å². The molecule has 16 heavy (non-hydrogen) atoms. The molecular formula is C13H17NO2. The SMILES string of the molecule is CCC(C(=O)Nc1ccccc1)=C(C)OC. The zero-order chi connectivity index (χ0) is 12.0. The van der Waals surface area contributed by atoms with Crippen LogP contribution in [-0.2, 0) is 9.53 Å². The van der Waals surface area contributed by atoms with Gasteiger partial charge in [-0.05, 0) is 25.5 Å². The third kappa shape index (κ3) is 3.12. The van der Waals surface area contributed by atoms with Gasteiger partial charge in [0, 0.05) is 5.69 Å². The first-order valence-corrected chi connectivity index (χ1v) is 5.29. The predicted molar refractivity (Wildman–Crippen MR) is 65.1 cm³/mol. The van der Waals surface area contributed by atoms with Gasteiger partial charge in [0.05, 0.1) is 12.7 Å². The van der Waals surface area contributed by atoms with Gasteiger partial charge in [0.1, 0.15) is 5.76 Å². The van der Waals surface area contributed by atoms with Crippen LogP contribution in [0, 0.1) is 0 Å². The molecule has 0 bridgehead atoms. The van der Waals surface area contributed by atoms with Gasteiger partial charge in [0.2, 0.25) is 0 Å². The Labute approximate surface area is 96.1 Å². The average molecular weight is 219 g/mol. The van der Waals surface area contributed by atoms with E-state index in [4.69, 9.17) is 4.74 Å². The van der Waals surface area contributed by atoms with Crippen LogP contribution in [0.2, 0.25) is 0 Å². The van der Waals surface area contributed by atoms with E-state index in [2.05, 4.69) is 5.32 Å². The van der Waals surface area contributed by atoms with Crippen molar-refractivity contribution in [2.45, 2.75) is 20.3 Å². The Hall–Kier alpha value is -1.77. The van der Waals surface area contributed by atoms with Gasteiger partial charge < -0.3 is 10.1 Å². The highest BCUT2D eigenvalue weighted by Gasteiger charge is 2.11. The number of para-hydroxylation sites is 1. The van der Waals surface area contributed by atoms with Crippen molar-refractivity contribution in [3.8, 4) is 0 Å². The molecule has 0 saturated heterocycles. The fourth-order valence-corrected chi connectivity index (χ4v) is 1.42. The second-order valence-electron chi connectivity index (χ2n) is 3.41. The Balaban J connectivity index is 2.79. The molecule has 1 aromatic carbocycles. The largest absolute Gasteiger partial charge is 0.501 e. The topological polar surface area (TPSA) is 38.3 Å². The Bertz CT molecular complexity index is 382. The number of amides is 1. The summed E-state index contributed by atoms with van der Waals surface area (Å²) in [5, 5.41) is 2.83. The molecule has 0 aromatic heterocycles. The zero-order valence-electron chi connectivity index (χ0n) is 9.91. The number of allylic oxidation sites excluding steroid dienone is 1. The minimum absolute atomic E-state index is 0.104.